The molecule has 0 saturated heterocycles. The Morgan fingerprint density at radius 1 is 1.00 bits per heavy atom. The van der Waals surface area contributed by atoms with E-state index in [1.165, 1.54) is 0 Å². The maximum atomic E-state index is 13.0. The predicted molar refractivity (Wildman–Crippen MR) is 118 cm³/mol. The van der Waals surface area contributed by atoms with Crippen molar-refractivity contribution in [3.8, 4) is 22.7 Å². The lowest BCUT2D eigenvalue weighted by Gasteiger charge is -2.13. The van der Waals surface area contributed by atoms with Crippen LogP contribution in [0.5, 0.6) is 5.75 Å². The molecular weight excluding hydrogens is 374 g/mol. The van der Waals surface area contributed by atoms with E-state index >= 15 is 0 Å². The minimum atomic E-state index is -0.128. The number of benzene rings is 2. The first-order valence-electron chi connectivity index (χ1n) is 9.77. The van der Waals surface area contributed by atoms with Crippen LogP contribution in [0.4, 0.5) is 0 Å². The zero-order valence-electron chi connectivity index (χ0n) is 17.0. The van der Waals surface area contributed by atoms with Crippen LogP contribution in [0.25, 0.3) is 16.9 Å². The summed E-state index contributed by atoms with van der Waals surface area (Å²) >= 11 is 0. The van der Waals surface area contributed by atoms with Crippen molar-refractivity contribution in [2.24, 2.45) is 0 Å². The normalized spacial score (nSPS) is 10.6. The number of carbonyl (C=O) groups excluding carboxylic acids is 1. The summed E-state index contributed by atoms with van der Waals surface area (Å²) < 4.78 is 7.50. The van der Waals surface area contributed by atoms with Gasteiger partial charge in [-0.15, -0.1) is 0 Å². The van der Waals surface area contributed by atoms with Gasteiger partial charge >= 0.3 is 0 Å². The van der Waals surface area contributed by atoms with Crippen LogP contribution in [0, 0.1) is 6.92 Å². The standard InChI is InChI=1S/C25H23N3O2/c1-18-23(25(29)27-17-20-10-6-7-14-26-20)16-24(19-9-8-13-22(15-19)30-2)28(18)21-11-4-3-5-12-21/h3-16H,17H2,1-2H3,(H,27,29). The molecule has 0 atom stereocenters. The third kappa shape index (κ3) is 3.96. The predicted octanol–water partition coefficient (Wildman–Crippen LogP) is 4.79. The van der Waals surface area contributed by atoms with Crippen molar-refractivity contribution in [2.45, 2.75) is 13.5 Å². The highest BCUT2D eigenvalue weighted by Gasteiger charge is 2.20. The van der Waals surface area contributed by atoms with Crippen molar-refractivity contribution in [1.29, 1.82) is 0 Å². The van der Waals surface area contributed by atoms with Crippen molar-refractivity contribution in [1.82, 2.24) is 14.9 Å². The summed E-state index contributed by atoms with van der Waals surface area (Å²) in [6.45, 7) is 2.34. The first-order chi connectivity index (χ1) is 14.7. The van der Waals surface area contributed by atoms with E-state index in [1.807, 2.05) is 85.8 Å². The molecule has 0 fully saturated rings. The molecule has 5 nitrogen and oxygen atoms in total. The van der Waals surface area contributed by atoms with Crippen molar-refractivity contribution in [3.05, 3.63) is 102 Å². The Bertz CT molecular complexity index is 1150. The lowest BCUT2D eigenvalue weighted by atomic mass is 10.1. The molecule has 4 rings (SSSR count). The summed E-state index contributed by atoms with van der Waals surface area (Å²) in [7, 11) is 1.65. The molecule has 0 aliphatic rings. The number of aromatic nitrogens is 2. The molecule has 1 N–H and O–H groups in total. The smallest absolute Gasteiger partial charge is 0.253 e. The molecule has 0 unspecified atom stereocenters. The molecule has 1 amide bonds. The fraction of sp³-hybridized carbons (Fsp3) is 0.120. The van der Waals surface area contributed by atoms with Crippen molar-refractivity contribution < 1.29 is 9.53 Å². The number of nitrogens with one attached hydrogen (secondary N) is 1. The Morgan fingerprint density at radius 2 is 1.80 bits per heavy atom. The van der Waals surface area contributed by atoms with Gasteiger partial charge in [0.1, 0.15) is 5.75 Å². The number of nitrogens with zero attached hydrogens (tertiary/aromatic N) is 2. The molecule has 150 valence electrons. The van der Waals surface area contributed by atoms with E-state index in [1.54, 1.807) is 13.3 Å². The summed E-state index contributed by atoms with van der Waals surface area (Å²) in [6, 6.07) is 25.5. The minimum Gasteiger partial charge on any atom is -0.497 e. The summed E-state index contributed by atoms with van der Waals surface area (Å²) in [5.74, 6) is 0.643. The number of amides is 1. The van der Waals surface area contributed by atoms with E-state index < -0.39 is 0 Å². The number of pyridine rings is 1. The maximum absolute atomic E-state index is 13.0. The van der Waals surface area contributed by atoms with Crippen LogP contribution < -0.4 is 10.1 Å². The molecule has 0 aliphatic carbocycles. The van der Waals surface area contributed by atoms with Gasteiger partial charge in [-0.3, -0.25) is 9.78 Å². The molecule has 4 aromatic rings. The van der Waals surface area contributed by atoms with Crippen LogP contribution in [-0.2, 0) is 6.54 Å². The number of hydrogen-bond acceptors (Lipinski definition) is 3. The molecular formula is C25H23N3O2. The van der Waals surface area contributed by atoms with Crippen molar-refractivity contribution in [2.75, 3.05) is 7.11 Å². The van der Waals surface area contributed by atoms with Gasteiger partial charge in [-0.05, 0) is 49.4 Å². The van der Waals surface area contributed by atoms with Gasteiger partial charge in [0.2, 0.25) is 0 Å². The van der Waals surface area contributed by atoms with Gasteiger partial charge in [0, 0.05) is 23.1 Å². The number of methoxy groups -OCH3 is 1. The van der Waals surface area contributed by atoms with Gasteiger partial charge in [0.05, 0.1) is 30.6 Å². The van der Waals surface area contributed by atoms with Gasteiger partial charge in [0.25, 0.3) is 5.91 Å². The molecule has 0 saturated carbocycles. The van der Waals surface area contributed by atoms with Crippen molar-refractivity contribution in [3.63, 3.8) is 0 Å². The molecule has 2 heterocycles. The summed E-state index contributed by atoms with van der Waals surface area (Å²) in [5, 5.41) is 2.98. The largest absolute Gasteiger partial charge is 0.497 e. The zero-order valence-corrected chi connectivity index (χ0v) is 17.0. The van der Waals surface area contributed by atoms with Crippen LogP contribution in [0.3, 0.4) is 0 Å². The lowest BCUT2D eigenvalue weighted by molar-refractivity contribution is 0.0950. The fourth-order valence-electron chi connectivity index (χ4n) is 3.51. The number of hydrogen-bond donors (Lipinski definition) is 1. The van der Waals surface area contributed by atoms with Gasteiger partial charge in [0.15, 0.2) is 0 Å². The van der Waals surface area contributed by atoms with Crippen LogP contribution >= 0.6 is 0 Å². The van der Waals surface area contributed by atoms with E-state index in [9.17, 15) is 4.79 Å². The van der Waals surface area contributed by atoms with E-state index in [-0.39, 0.29) is 5.91 Å². The second kappa shape index (κ2) is 8.66. The Labute approximate surface area is 176 Å². The number of para-hydroxylation sites is 1. The average molecular weight is 397 g/mol. The van der Waals surface area contributed by atoms with E-state index in [4.69, 9.17) is 4.74 Å². The van der Waals surface area contributed by atoms with Gasteiger partial charge in [-0.25, -0.2) is 0 Å². The van der Waals surface area contributed by atoms with E-state index in [0.717, 1.165) is 34.1 Å². The fourth-order valence-corrected chi connectivity index (χ4v) is 3.51. The molecule has 30 heavy (non-hydrogen) atoms. The van der Waals surface area contributed by atoms with Crippen LogP contribution in [0.15, 0.2) is 85.1 Å². The van der Waals surface area contributed by atoms with Gasteiger partial charge in [-0.1, -0.05) is 36.4 Å². The van der Waals surface area contributed by atoms with Crippen LogP contribution in [0.2, 0.25) is 0 Å². The highest BCUT2D eigenvalue weighted by Crippen LogP contribution is 2.31. The molecule has 0 radical (unpaired) electrons. The Kier molecular flexibility index (Phi) is 5.61. The van der Waals surface area contributed by atoms with Crippen molar-refractivity contribution >= 4 is 5.91 Å². The Morgan fingerprint density at radius 3 is 2.53 bits per heavy atom. The first-order valence-corrected chi connectivity index (χ1v) is 9.77. The average Bonchev–Trinajstić information content (AvgIpc) is 3.16. The lowest BCUT2D eigenvalue weighted by Crippen LogP contribution is -2.23. The molecule has 5 heteroatoms. The zero-order chi connectivity index (χ0) is 20.9. The first kappa shape index (κ1) is 19.5. The van der Waals surface area contributed by atoms with Gasteiger partial charge < -0.3 is 14.6 Å². The minimum absolute atomic E-state index is 0.128. The number of rotatable bonds is 6. The molecule has 0 bridgehead atoms. The number of ether oxygens (including phenoxy) is 1. The Hall–Kier alpha value is -3.86. The molecule has 0 aliphatic heterocycles. The Balaban J connectivity index is 1.75. The number of carbonyl (C=O) groups is 1. The second-order valence-corrected chi connectivity index (χ2v) is 6.94. The molecule has 0 spiro atoms. The monoisotopic (exact) mass is 397 g/mol. The summed E-state index contributed by atoms with van der Waals surface area (Å²) in [4.78, 5) is 17.3. The highest BCUT2D eigenvalue weighted by atomic mass is 16.5. The highest BCUT2D eigenvalue weighted by molar-refractivity contribution is 5.97. The topological polar surface area (TPSA) is 56.1 Å². The summed E-state index contributed by atoms with van der Waals surface area (Å²) in [6.07, 6.45) is 1.72. The summed E-state index contributed by atoms with van der Waals surface area (Å²) in [5.41, 5.74) is 5.23. The molecule has 2 aromatic carbocycles. The quantitative estimate of drug-likeness (QED) is 0.509. The van der Waals surface area contributed by atoms with E-state index in [0.29, 0.717) is 12.1 Å². The molecule has 2 aromatic heterocycles. The van der Waals surface area contributed by atoms with E-state index in [2.05, 4.69) is 14.9 Å². The third-order valence-corrected chi connectivity index (χ3v) is 5.03. The van der Waals surface area contributed by atoms with Crippen LogP contribution in [0.1, 0.15) is 21.7 Å². The SMILES string of the molecule is COc1cccc(-c2cc(C(=O)NCc3ccccn3)c(C)n2-c2ccccc2)c1. The third-order valence-electron chi connectivity index (χ3n) is 5.03. The maximum Gasteiger partial charge on any atom is 0.253 e. The van der Waals surface area contributed by atoms with Crippen LogP contribution in [-0.4, -0.2) is 22.6 Å². The second-order valence-electron chi connectivity index (χ2n) is 6.94. The van der Waals surface area contributed by atoms with Gasteiger partial charge in [-0.2, -0.15) is 0 Å².